The van der Waals surface area contributed by atoms with Crippen molar-refractivity contribution in [2.75, 3.05) is 27.4 Å². The van der Waals surface area contributed by atoms with Gasteiger partial charge in [-0.15, -0.1) is 0 Å². The quantitative estimate of drug-likeness (QED) is 0.129. The second-order valence-corrected chi connectivity index (χ2v) is 17.0. The molecule has 1 saturated carbocycles. The van der Waals surface area contributed by atoms with Crippen LogP contribution in [0.5, 0.6) is 5.75 Å². The van der Waals surface area contributed by atoms with E-state index >= 15 is 0 Å². The Morgan fingerprint density at radius 2 is 1.80 bits per heavy atom. The van der Waals surface area contributed by atoms with E-state index in [-0.39, 0.29) is 41.8 Å². The highest BCUT2D eigenvalue weighted by molar-refractivity contribution is 6.07. The van der Waals surface area contributed by atoms with E-state index in [2.05, 4.69) is 51.7 Å². The Hall–Kier alpha value is -6.21. The summed E-state index contributed by atoms with van der Waals surface area (Å²) in [6, 6.07) is 23.5. The molecule has 10 rings (SSSR count). The molecular formula is C47H48N7O6. The first-order valence-electron chi connectivity index (χ1n) is 20.8. The van der Waals surface area contributed by atoms with Gasteiger partial charge in [0.2, 0.25) is 11.8 Å². The minimum absolute atomic E-state index is 0.0385. The lowest BCUT2D eigenvalue weighted by Crippen LogP contribution is -2.52. The van der Waals surface area contributed by atoms with Crippen LogP contribution >= 0.6 is 0 Å². The predicted molar refractivity (Wildman–Crippen MR) is 225 cm³/mol. The largest absolute Gasteiger partial charge is 0.488 e. The van der Waals surface area contributed by atoms with Gasteiger partial charge < -0.3 is 39.3 Å². The summed E-state index contributed by atoms with van der Waals surface area (Å²) in [5.74, 6) is 2.70. The van der Waals surface area contributed by atoms with Gasteiger partial charge in [-0.3, -0.25) is 9.59 Å². The number of benzene rings is 4. The number of nitrogens with zero attached hydrogens (tertiary/aromatic N) is 4. The van der Waals surface area contributed by atoms with Crippen molar-refractivity contribution < 1.29 is 28.6 Å². The van der Waals surface area contributed by atoms with Gasteiger partial charge in [-0.25, -0.2) is 14.8 Å². The summed E-state index contributed by atoms with van der Waals surface area (Å²) in [4.78, 5) is 60.6. The van der Waals surface area contributed by atoms with Gasteiger partial charge in [-0.2, -0.15) is 0 Å². The van der Waals surface area contributed by atoms with Gasteiger partial charge in [-0.1, -0.05) is 62.4 Å². The number of rotatable bonds is 10. The van der Waals surface area contributed by atoms with Crippen LogP contribution in [0.25, 0.3) is 44.2 Å². The van der Waals surface area contributed by atoms with Crippen molar-refractivity contribution in [3.63, 3.8) is 0 Å². The third-order valence-electron chi connectivity index (χ3n) is 12.8. The van der Waals surface area contributed by atoms with Crippen molar-refractivity contribution in [2.24, 2.45) is 17.8 Å². The molecule has 3 amide bonds. The molecule has 1 aliphatic carbocycles. The highest BCUT2D eigenvalue weighted by Gasteiger charge is 2.56. The number of nitrogens with one attached hydrogen (secondary N) is 3. The van der Waals surface area contributed by atoms with E-state index in [1.807, 2.05) is 66.2 Å². The van der Waals surface area contributed by atoms with Gasteiger partial charge >= 0.3 is 6.09 Å². The smallest absolute Gasteiger partial charge is 0.407 e. The minimum atomic E-state index is -0.692. The number of carbonyl (C=O) groups excluding carboxylic acids is 3. The SMILES string of the molecule is COC[C@H]1C[C@@H](c2ncc(-c3ccc4c(c3)COc3cc5c(ccc6nc([C@@H]7C[C@@H]8C[C@@H]8N7C(=O)[C@@H](NC(=O)OC)C(C)C)[nH]c65)cc3-4)[nH]2)N(C(=O)[CH]c2ccccc2)C1. The third kappa shape index (κ3) is 6.74. The molecule has 3 aliphatic heterocycles. The Morgan fingerprint density at radius 1 is 0.950 bits per heavy atom. The molecule has 13 heteroatoms. The molecule has 5 heterocycles. The van der Waals surface area contributed by atoms with E-state index < -0.39 is 12.1 Å². The van der Waals surface area contributed by atoms with Gasteiger partial charge in [0.05, 0.1) is 55.1 Å². The molecule has 0 unspecified atom stereocenters. The molecule has 3 N–H and O–H groups in total. The molecule has 2 saturated heterocycles. The molecule has 6 atom stereocenters. The number of ether oxygens (including phenoxy) is 3. The topological polar surface area (TPSA) is 155 Å². The Kier molecular flexibility index (Phi) is 9.58. The van der Waals surface area contributed by atoms with Crippen molar-refractivity contribution in [3.8, 4) is 28.1 Å². The normalized spacial score (nSPS) is 22.1. The van der Waals surface area contributed by atoms with Gasteiger partial charge in [-0.05, 0) is 83.0 Å². The molecule has 60 heavy (non-hydrogen) atoms. The number of methoxy groups -OCH3 is 2. The monoisotopic (exact) mass is 806 g/mol. The number of H-pyrrole nitrogens is 2. The Labute approximate surface area is 347 Å². The molecule has 13 nitrogen and oxygen atoms in total. The van der Waals surface area contributed by atoms with Crippen LogP contribution < -0.4 is 10.1 Å². The lowest BCUT2D eigenvalue weighted by Gasteiger charge is -2.31. The van der Waals surface area contributed by atoms with E-state index in [0.717, 1.165) is 92.0 Å². The summed E-state index contributed by atoms with van der Waals surface area (Å²) in [6.45, 7) is 5.44. The van der Waals surface area contributed by atoms with Crippen LogP contribution in [0.15, 0.2) is 79.0 Å². The number of likely N-dealkylation sites (tertiary alicyclic amines) is 2. The van der Waals surface area contributed by atoms with Crippen molar-refractivity contribution in [3.05, 3.63) is 108 Å². The first kappa shape index (κ1) is 38.0. The lowest BCUT2D eigenvalue weighted by atomic mass is 9.92. The second kappa shape index (κ2) is 15.1. The van der Waals surface area contributed by atoms with E-state index in [1.165, 1.54) is 7.11 Å². The molecule has 4 aliphatic rings. The van der Waals surface area contributed by atoms with Crippen LogP contribution in [-0.4, -0.2) is 87.1 Å². The van der Waals surface area contributed by atoms with E-state index in [4.69, 9.17) is 24.2 Å². The number of aromatic nitrogens is 4. The molecule has 4 aromatic carbocycles. The Bertz CT molecular complexity index is 2640. The number of hydrogen-bond donors (Lipinski definition) is 3. The van der Waals surface area contributed by atoms with E-state index in [9.17, 15) is 14.4 Å². The summed E-state index contributed by atoms with van der Waals surface area (Å²) >= 11 is 0. The summed E-state index contributed by atoms with van der Waals surface area (Å²) < 4.78 is 16.8. The van der Waals surface area contributed by atoms with Gasteiger partial charge in [0, 0.05) is 36.6 Å². The average molecular weight is 807 g/mol. The van der Waals surface area contributed by atoms with Crippen LogP contribution in [0.3, 0.4) is 0 Å². The number of hydrogen-bond acceptors (Lipinski definition) is 8. The van der Waals surface area contributed by atoms with E-state index in [0.29, 0.717) is 25.7 Å². The van der Waals surface area contributed by atoms with Gasteiger partial charge in [0.15, 0.2) is 0 Å². The van der Waals surface area contributed by atoms with E-state index in [1.54, 1.807) is 13.5 Å². The third-order valence-corrected chi connectivity index (χ3v) is 12.8. The molecule has 0 bridgehead atoms. The Balaban J connectivity index is 0.905. The number of fused-ring (bicyclic) bond motifs is 7. The molecule has 307 valence electrons. The number of carbonyl (C=O) groups is 3. The van der Waals surface area contributed by atoms with Crippen LogP contribution in [0.2, 0.25) is 0 Å². The number of alkyl carbamates (subject to hydrolysis) is 1. The zero-order valence-electron chi connectivity index (χ0n) is 34.1. The maximum Gasteiger partial charge on any atom is 0.407 e. The molecule has 3 fully saturated rings. The first-order valence-corrected chi connectivity index (χ1v) is 20.8. The Morgan fingerprint density at radius 3 is 2.60 bits per heavy atom. The summed E-state index contributed by atoms with van der Waals surface area (Å²) in [7, 11) is 3.01. The van der Waals surface area contributed by atoms with Crippen LogP contribution in [0.4, 0.5) is 4.79 Å². The zero-order valence-corrected chi connectivity index (χ0v) is 34.1. The van der Waals surface area contributed by atoms with Crippen molar-refractivity contribution in [1.82, 2.24) is 35.1 Å². The maximum absolute atomic E-state index is 14.0. The van der Waals surface area contributed by atoms with Crippen molar-refractivity contribution in [1.29, 1.82) is 0 Å². The first-order chi connectivity index (χ1) is 29.2. The second-order valence-electron chi connectivity index (χ2n) is 17.0. The molecule has 2 aromatic heterocycles. The molecule has 6 aromatic rings. The molecular weight excluding hydrogens is 759 g/mol. The van der Waals surface area contributed by atoms with Crippen LogP contribution in [0.1, 0.15) is 68.0 Å². The number of imidazole rings is 2. The fraction of sp³-hybridized carbons (Fsp3) is 0.362. The number of piperidine rings is 1. The van der Waals surface area contributed by atoms with Gasteiger partial charge in [0.1, 0.15) is 30.0 Å². The van der Waals surface area contributed by atoms with Crippen LogP contribution in [0, 0.1) is 24.2 Å². The van der Waals surface area contributed by atoms with Crippen LogP contribution in [-0.2, 0) is 25.7 Å². The average Bonchev–Trinajstić information content (AvgIpc) is 3.72. The summed E-state index contributed by atoms with van der Waals surface area (Å²) in [6.07, 6.45) is 5.49. The molecule has 0 spiro atoms. The lowest BCUT2D eigenvalue weighted by molar-refractivity contribution is -0.136. The highest BCUT2D eigenvalue weighted by atomic mass is 16.5. The van der Waals surface area contributed by atoms with Crippen molar-refractivity contribution >= 4 is 39.7 Å². The fourth-order valence-electron chi connectivity index (χ4n) is 9.73. The minimum Gasteiger partial charge on any atom is -0.488 e. The summed E-state index contributed by atoms with van der Waals surface area (Å²) in [5, 5.41) is 4.81. The number of amides is 3. The number of aromatic amines is 2. The maximum atomic E-state index is 14.0. The summed E-state index contributed by atoms with van der Waals surface area (Å²) in [5.41, 5.74) is 7.67. The zero-order chi connectivity index (χ0) is 41.2. The predicted octanol–water partition coefficient (Wildman–Crippen LogP) is 7.50. The molecule has 1 radical (unpaired) electrons. The highest BCUT2D eigenvalue weighted by Crippen LogP contribution is 2.54. The van der Waals surface area contributed by atoms with Gasteiger partial charge in [0.25, 0.3) is 0 Å². The fourth-order valence-corrected chi connectivity index (χ4v) is 9.73. The standard InChI is InChI=1S/C47H48N7O6/c1-25(2)42(52-47(57)59-4)46(56)54-37-18-30(37)19-39(54)45-49-35-13-11-28-17-34-32-12-10-29(16-31(32)24-60-40(34)20-33(28)43(35)51-45)36-21-48-44(50-36)38-14-27(23-58-3)22-53(38)41(55)15-26-8-6-5-7-9-26/h5-13,15-17,20-21,25,27,30,37-39,42H,14,18-19,22-24H2,1-4H3,(H,48,50)(H,49,51)(H,52,57)/t27-,30-,37-,38-,39-,42-/m0/s1. The van der Waals surface area contributed by atoms with Crippen molar-refractivity contribution in [2.45, 2.75) is 63.9 Å².